The minimum Gasteiger partial charge on any atom is -0.399 e. The van der Waals surface area contributed by atoms with Gasteiger partial charge in [0, 0.05) is 11.4 Å². The third-order valence-corrected chi connectivity index (χ3v) is 9.26. The number of hydrogen-bond acceptors (Lipinski definition) is 2. The molecule has 0 aliphatic rings. The van der Waals surface area contributed by atoms with Gasteiger partial charge in [-0.2, -0.15) is 0 Å². The Hall–Kier alpha value is -3.52. The Kier molecular flexibility index (Phi) is 14.6. The second-order valence-corrected chi connectivity index (χ2v) is 13.2. The van der Waals surface area contributed by atoms with Crippen LogP contribution >= 0.6 is 0 Å². The number of benzene rings is 4. The van der Waals surface area contributed by atoms with Crippen molar-refractivity contribution in [1.29, 1.82) is 0 Å². The molecule has 0 bridgehead atoms. The summed E-state index contributed by atoms with van der Waals surface area (Å²) < 4.78 is 0. The maximum atomic E-state index is 5.88. The summed E-state index contributed by atoms with van der Waals surface area (Å²) in [5.74, 6) is 0. The SMILES string of the molecule is CCCc1cc(CCCCCCCCCCCc2ccc(Cc3ccc(N)cc3)c(CCC)c2)ccc1Cc1ccc(N)cc1. The number of nitrogens with two attached hydrogens (primary N) is 2. The summed E-state index contributed by atoms with van der Waals surface area (Å²) in [4.78, 5) is 0. The van der Waals surface area contributed by atoms with Crippen molar-refractivity contribution in [2.75, 3.05) is 11.5 Å². The van der Waals surface area contributed by atoms with E-state index >= 15 is 0 Å². The Morgan fingerprint density at radius 2 is 0.689 bits per heavy atom. The fraction of sp³-hybridized carbons (Fsp3) is 0.442. The third kappa shape index (κ3) is 12.1. The van der Waals surface area contributed by atoms with Crippen LogP contribution in [-0.2, 0) is 38.5 Å². The highest BCUT2D eigenvalue weighted by Crippen LogP contribution is 2.22. The average Bonchev–Trinajstić information content (AvgIpc) is 3.04. The molecule has 0 fully saturated rings. The summed E-state index contributed by atoms with van der Waals surface area (Å²) in [5, 5.41) is 0. The normalized spacial score (nSPS) is 11.2. The van der Waals surface area contributed by atoms with Gasteiger partial charge in [-0.15, -0.1) is 0 Å². The molecule has 0 heterocycles. The summed E-state index contributed by atoms with van der Waals surface area (Å²) in [7, 11) is 0. The van der Waals surface area contributed by atoms with Crippen molar-refractivity contribution in [3.05, 3.63) is 129 Å². The van der Waals surface area contributed by atoms with Gasteiger partial charge < -0.3 is 11.5 Å². The maximum Gasteiger partial charge on any atom is 0.0314 e. The largest absolute Gasteiger partial charge is 0.399 e. The topological polar surface area (TPSA) is 52.0 Å². The summed E-state index contributed by atoms with van der Waals surface area (Å²) >= 11 is 0. The van der Waals surface area contributed by atoms with Crippen molar-refractivity contribution in [1.82, 2.24) is 0 Å². The Morgan fingerprint density at radius 1 is 0.356 bits per heavy atom. The number of unbranched alkanes of at least 4 members (excludes halogenated alkanes) is 8. The van der Waals surface area contributed by atoms with Crippen molar-refractivity contribution in [2.24, 2.45) is 0 Å². The van der Waals surface area contributed by atoms with Gasteiger partial charge in [-0.3, -0.25) is 0 Å². The van der Waals surface area contributed by atoms with Crippen molar-refractivity contribution in [3.8, 4) is 0 Å². The van der Waals surface area contributed by atoms with Crippen molar-refractivity contribution >= 4 is 11.4 Å². The lowest BCUT2D eigenvalue weighted by atomic mass is 9.93. The zero-order valence-corrected chi connectivity index (χ0v) is 28.3. The minimum absolute atomic E-state index is 0.837. The van der Waals surface area contributed by atoms with Crippen LogP contribution in [0.3, 0.4) is 0 Å². The van der Waals surface area contributed by atoms with Crippen LogP contribution in [0.5, 0.6) is 0 Å². The monoisotopic (exact) mass is 602 g/mol. The smallest absolute Gasteiger partial charge is 0.0314 e. The zero-order valence-electron chi connectivity index (χ0n) is 28.3. The van der Waals surface area contributed by atoms with Crippen LogP contribution in [0.15, 0.2) is 84.9 Å². The lowest BCUT2D eigenvalue weighted by Crippen LogP contribution is -1.99. The summed E-state index contributed by atoms with van der Waals surface area (Å²) in [6.07, 6.45) is 21.3. The predicted molar refractivity (Wildman–Crippen MR) is 197 cm³/mol. The van der Waals surface area contributed by atoms with Gasteiger partial charge in [-0.1, -0.05) is 132 Å². The van der Waals surface area contributed by atoms with Crippen LogP contribution in [0.1, 0.15) is 129 Å². The minimum atomic E-state index is 0.837. The van der Waals surface area contributed by atoms with Gasteiger partial charge in [-0.25, -0.2) is 0 Å². The molecule has 2 heteroatoms. The molecule has 4 aromatic carbocycles. The van der Waals surface area contributed by atoms with E-state index in [2.05, 4.69) is 74.5 Å². The second kappa shape index (κ2) is 19.1. The first-order chi connectivity index (χ1) is 22.0. The van der Waals surface area contributed by atoms with Crippen LogP contribution in [0.2, 0.25) is 0 Å². The fourth-order valence-corrected chi connectivity index (χ4v) is 6.63. The summed E-state index contributed by atoms with van der Waals surface area (Å²) in [5.41, 5.74) is 25.1. The highest BCUT2D eigenvalue weighted by atomic mass is 14.5. The van der Waals surface area contributed by atoms with Gasteiger partial charge in [0.25, 0.3) is 0 Å². The van der Waals surface area contributed by atoms with Crippen molar-refractivity contribution in [3.63, 3.8) is 0 Å². The molecule has 0 aliphatic carbocycles. The molecule has 2 nitrogen and oxygen atoms in total. The molecule has 0 radical (unpaired) electrons. The highest BCUT2D eigenvalue weighted by molar-refractivity contribution is 5.43. The van der Waals surface area contributed by atoms with E-state index in [1.54, 1.807) is 0 Å². The molecule has 0 amide bonds. The molecule has 4 aromatic rings. The molecular formula is C43H58N2. The van der Waals surface area contributed by atoms with Crippen LogP contribution in [-0.4, -0.2) is 0 Å². The Bertz CT molecular complexity index is 1290. The van der Waals surface area contributed by atoms with Gasteiger partial charge in [0.1, 0.15) is 0 Å². The Morgan fingerprint density at radius 3 is 1.04 bits per heavy atom. The predicted octanol–water partition coefficient (Wildman–Crippen LogP) is 11.2. The molecule has 0 aliphatic heterocycles. The standard InChI is InChI=1S/C43H58N2/c1-3-14-38-30-34(18-24-40(38)32-36-20-26-42(44)27-21-36)16-12-10-8-6-5-7-9-11-13-17-35-19-25-41(39(31-35)15-4-2)33-37-22-28-43(45)29-23-37/h18-31H,3-17,32-33,44-45H2,1-2H3. The van der Waals surface area contributed by atoms with Crippen LogP contribution in [0.4, 0.5) is 11.4 Å². The van der Waals surface area contributed by atoms with Crippen molar-refractivity contribution < 1.29 is 0 Å². The molecule has 45 heavy (non-hydrogen) atoms. The van der Waals surface area contributed by atoms with E-state index in [-0.39, 0.29) is 0 Å². The van der Waals surface area contributed by atoms with Gasteiger partial charge in [0.05, 0.1) is 0 Å². The van der Waals surface area contributed by atoms with E-state index < -0.39 is 0 Å². The van der Waals surface area contributed by atoms with Gasteiger partial charge in [0.15, 0.2) is 0 Å². The molecular weight excluding hydrogens is 544 g/mol. The maximum absolute atomic E-state index is 5.88. The van der Waals surface area contributed by atoms with E-state index in [0.29, 0.717) is 0 Å². The van der Waals surface area contributed by atoms with E-state index in [4.69, 9.17) is 11.5 Å². The average molecular weight is 603 g/mol. The molecule has 0 saturated heterocycles. The second-order valence-electron chi connectivity index (χ2n) is 13.2. The lowest BCUT2D eigenvalue weighted by Gasteiger charge is -2.12. The number of aryl methyl sites for hydroxylation is 4. The molecule has 4 N–H and O–H groups in total. The summed E-state index contributed by atoms with van der Waals surface area (Å²) in [6, 6.07) is 31.1. The first-order valence-corrected chi connectivity index (χ1v) is 17.9. The quantitative estimate of drug-likeness (QED) is 0.0781. The van der Waals surface area contributed by atoms with Crippen LogP contribution in [0, 0.1) is 0 Å². The van der Waals surface area contributed by atoms with E-state index in [9.17, 15) is 0 Å². The van der Waals surface area contributed by atoms with Crippen LogP contribution in [0.25, 0.3) is 0 Å². The number of rotatable bonds is 20. The van der Waals surface area contributed by atoms with E-state index in [1.165, 1.54) is 128 Å². The first-order valence-electron chi connectivity index (χ1n) is 17.9. The van der Waals surface area contributed by atoms with E-state index in [1.807, 2.05) is 24.3 Å². The fourth-order valence-electron chi connectivity index (χ4n) is 6.63. The third-order valence-electron chi connectivity index (χ3n) is 9.26. The molecule has 0 atom stereocenters. The molecule has 4 rings (SSSR count). The lowest BCUT2D eigenvalue weighted by molar-refractivity contribution is 0.558. The summed E-state index contributed by atoms with van der Waals surface area (Å²) in [6.45, 7) is 4.57. The van der Waals surface area contributed by atoms with E-state index in [0.717, 1.165) is 37.1 Å². The highest BCUT2D eigenvalue weighted by Gasteiger charge is 2.07. The van der Waals surface area contributed by atoms with Crippen molar-refractivity contribution in [2.45, 2.75) is 123 Å². The Labute approximate surface area is 274 Å². The first kappa shape index (κ1) is 34.4. The van der Waals surface area contributed by atoms with Crippen LogP contribution < -0.4 is 11.5 Å². The molecule has 0 saturated carbocycles. The van der Waals surface area contributed by atoms with Gasteiger partial charge in [-0.05, 0) is 120 Å². The van der Waals surface area contributed by atoms with Gasteiger partial charge in [0.2, 0.25) is 0 Å². The molecule has 240 valence electrons. The Balaban J connectivity index is 1.08. The molecule has 0 unspecified atom stereocenters. The number of nitrogen functional groups attached to an aromatic ring is 2. The van der Waals surface area contributed by atoms with Gasteiger partial charge >= 0.3 is 0 Å². The zero-order chi connectivity index (χ0) is 31.7. The number of anilines is 2. The number of hydrogen-bond donors (Lipinski definition) is 2. The molecule has 0 spiro atoms. The molecule has 0 aromatic heterocycles.